The van der Waals surface area contributed by atoms with E-state index in [1.54, 1.807) is 0 Å². The molecule has 4 aromatic rings. The highest BCUT2D eigenvalue weighted by molar-refractivity contribution is 8.15. The molecule has 0 spiro atoms. The molecule has 0 saturated heterocycles. The van der Waals surface area contributed by atoms with E-state index in [-0.39, 0.29) is 16.6 Å². The molecule has 0 atom stereocenters. The Morgan fingerprint density at radius 3 is 0.867 bits per heavy atom. The minimum atomic E-state index is -0.0205. The van der Waals surface area contributed by atoms with Crippen LogP contribution in [0.1, 0.15) is 58.2 Å². The molecule has 0 radical (unpaired) electrons. The third kappa shape index (κ3) is 6.74. The lowest BCUT2D eigenvalue weighted by Gasteiger charge is -2.14. The van der Waals surface area contributed by atoms with E-state index < -0.39 is 0 Å². The Balaban J connectivity index is 1.34. The molecule has 0 amide bonds. The van der Waals surface area contributed by atoms with Gasteiger partial charge < -0.3 is 0 Å². The second-order valence-corrected chi connectivity index (χ2v) is 17.0. The number of benzene rings is 4. The molecule has 0 aliphatic carbocycles. The Labute approximate surface area is 280 Å². The van der Waals surface area contributed by atoms with Crippen LogP contribution in [-0.4, -0.2) is 49.0 Å². The Morgan fingerprint density at radius 2 is 0.622 bits per heavy atom. The third-order valence-electron chi connectivity index (χ3n) is 8.16. The summed E-state index contributed by atoms with van der Waals surface area (Å²) in [4.78, 5) is 15.1. The van der Waals surface area contributed by atoms with Gasteiger partial charge in [-0.3, -0.25) is 15.0 Å². The molecule has 3 heterocycles. The molecule has 3 aliphatic heterocycles. The van der Waals surface area contributed by atoms with Crippen molar-refractivity contribution in [1.29, 1.82) is 0 Å². The zero-order valence-electron chi connectivity index (χ0n) is 26.8. The van der Waals surface area contributed by atoms with Crippen molar-refractivity contribution < 1.29 is 0 Å². The van der Waals surface area contributed by atoms with Gasteiger partial charge in [0.25, 0.3) is 0 Å². The Bertz CT molecular complexity index is 1670. The number of nitrogens with zero attached hydrogens (tertiary/aromatic N) is 3. The molecular formula is C39H39N3S3. The summed E-state index contributed by atoms with van der Waals surface area (Å²) in [6.45, 7) is 13.3. The van der Waals surface area contributed by atoms with E-state index in [1.807, 2.05) is 35.3 Å². The van der Waals surface area contributed by atoms with Crippen molar-refractivity contribution in [3.05, 3.63) is 108 Å². The average Bonchev–Trinajstić information content (AvgIpc) is 3.71. The van der Waals surface area contributed by atoms with Crippen molar-refractivity contribution in [2.75, 3.05) is 17.3 Å². The van der Waals surface area contributed by atoms with Crippen molar-refractivity contribution in [2.45, 2.75) is 58.2 Å². The van der Waals surface area contributed by atoms with Gasteiger partial charge in [0.2, 0.25) is 0 Å². The lowest BCUT2D eigenvalue weighted by Crippen LogP contribution is -2.15. The van der Waals surface area contributed by atoms with E-state index in [4.69, 9.17) is 15.0 Å². The van der Waals surface area contributed by atoms with Crippen LogP contribution in [0.4, 0.5) is 0 Å². The average molecular weight is 646 g/mol. The molecule has 7 rings (SSSR count). The first-order valence-corrected chi connectivity index (χ1v) is 18.5. The summed E-state index contributed by atoms with van der Waals surface area (Å²) >= 11 is 5.57. The fourth-order valence-electron chi connectivity index (χ4n) is 5.82. The molecule has 4 aromatic carbocycles. The second-order valence-electron chi connectivity index (χ2n) is 14.1. The van der Waals surface area contributed by atoms with E-state index in [0.717, 1.165) is 32.4 Å². The molecule has 228 valence electrons. The van der Waals surface area contributed by atoms with Gasteiger partial charge in [-0.25, -0.2) is 0 Å². The topological polar surface area (TPSA) is 37.1 Å². The number of thioether (sulfide) groups is 3. The summed E-state index contributed by atoms with van der Waals surface area (Å²) in [6.07, 6.45) is 0. The van der Waals surface area contributed by atoms with Crippen LogP contribution in [-0.2, 0) is 0 Å². The summed E-state index contributed by atoms with van der Waals surface area (Å²) in [6, 6.07) is 33.7. The maximum absolute atomic E-state index is 5.02. The summed E-state index contributed by atoms with van der Waals surface area (Å²) in [5.41, 5.74) is 10.7. The van der Waals surface area contributed by atoms with Crippen LogP contribution < -0.4 is 0 Å². The second kappa shape index (κ2) is 11.6. The Hall–Kier alpha value is -3.06. The summed E-state index contributed by atoms with van der Waals surface area (Å²) in [5.74, 6) is 3.04. The quantitative estimate of drug-likeness (QED) is 0.209. The summed E-state index contributed by atoms with van der Waals surface area (Å²) in [5, 5.41) is 3.40. The van der Waals surface area contributed by atoms with E-state index in [0.29, 0.717) is 0 Å². The monoisotopic (exact) mass is 645 g/mol. The number of hydrogen-bond acceptors (Lipinski definition) is 6. The van der Waals surface area contributed by atoms with Gasteiger partial charge >= 0.3 is 0 Å². The molecule has 3 aliphatic rings. The van der Waals surface area contributed by atoms with Gasteiger partial charge in [0, 0.05) is 33.9 Å². The van der Waals surface area contributed by atoms with Crippen LogP contribution in [0, 0.1) is 0 Å². The Morgan fingerprint density at radius 1 is 0.378 bits per heavy atom. The van der Waals surface area contributed by atoms with Gasteiger partial charge in [0.15, 0.2) is 0 Å². The lowest BCUT2D eigenvalue weighted by atomic mass is 9.92. The van der Waals surface area contributed by atoms with Crippen molar-refractivity contribution in [3.8, 4) is 33.4 Å². The predicted molar refractivity (Wildman–Crippen MR) is 202 cm³/mol. The number of aliphatic imine (C=N–C) groups is 3. The van der Waals surface area contributed by atoms with Gasteiger partial charge in [-0.15, -0.1) is 35.3 Å². The fraction of sp³-hybridized carbons (Fsp3) is 0.308. The highest BCUT2D eigenvalue weighted by atomic mass is 32.2. The lowest BCUT2D eigenvalue weighted by molar-refractivity contribution is 0.605. The molecule has 6 heteroatoms. The summed E-state index contributed by atoms with van der Waals surface area (Å²) in [7, 11) is 0. The summed E-state index contributed by atoms with van der Waals surface area (Å²) < 4.78 is 0. The first kappa shape index (κ1) is 30.6. The molecule has 0 N–H and O–H groups in total. The maximum atomic E-state index is 5.02. The highest BCUT2D eigenvalue weighted by Gasteiger charge is 2.28. The van der Waals surface area contributed by atoms with Crippen LogP contribution in [0.2, 0.25) is 0 Å². The molecular weight excluding hydrogens is 607 g/mol. The van der Waals surface area contributed by atoms with E-state index in [9.17, 15) is 0 Å². The van der Waals surface area contributed by atoms with Gasteiger partial charge in [-0.2, -0.15) is 0 Å². The third-order valence-corrected chi connectivity index (χ3v) is 12.5. The molecule has 0 fully saturated rings. The van der Waals surface area contributed by atoms with Crippen LogP contribution in [0.3, 0.4) is 0 Å². The van der Waals surface area contributed by atoms with E-state index in [2.05, 4.69) is 133 Å². The van der Waals surface area contributed by atoms with Crippen molar-refractivity contribution in [3.63, 3.8) is 0 Å². The van der Waals surface area contributed by atoms with Crippen LogP contribution in [0.15, 0.2) is 106 Å². The molecule has 0 aromatic heterocycles. The zero-order chi connectivity index (χ0) is 31.4. The Kier molecular flexibility index (Phi) is 7.90. The SMILES string of the molecule is CC1(C)CSC(c2cccc(-c3cc(-c4cccc(C5=NC(C)(C)CS5)c4)cc(-c4cccc(C5=NC(C)(C)CS5)c4)c3)c2)=N1. The van der Waals surface area contributed by atoms with Crippen LogP contribution >= 0.6 is 35.3 Å². The highest BCUT2D eigenvalue weighted by Crippen LogP contribution is 2.38. The molecule has 0 saturated carbocycles. The van der Waals surface area contributed by atoms with Crippen LogP contribution in [0.5, 0.6) is 0 Å². The predicted octanol–water partition coefficient (Wildman–Crippen LogP) is 10.5. The van der Waals surface area contributed by atoms with Gasteiger partial charge in [-0.1, -0.05) is 54.6 Å². The van der Waals surface area contributed by atoms with Gasteiger partial charge in [-0.05, 0) is 111 Å². The molecule has 3 nitrogen and oxygen atoms in total. The smallest absolute Gasteiger partial charge is 0.0984 e. The normalized spacial score (nSPS) is 19.7. The van der Waals surface area contributed by atoms with Crippen LogP contribution in [0.25, 0.3) is 33.4 Å². The van der Waals surface area contributed by atoms with Gasteiger partial charge in [0.05, 0.1) is 31.7 Å². The number of rotatable bonds is 6. The van der Waals surface area contributed by atoms with Crippen molar-refractivity contribution in [2.24, 2.45) is 15.0 Å². The molecule has 0 unspecified atom stereocenters. The zero-order valence-corrected chi connectivity index (χ0v) is 29.3. The minimum absolute atomic E-state index is 0.0205. The minimum Gasteiger partial charge on any atom is -0.271 e. The largest absolute Gasteiger partial charge is 0.271 e. The first-order chi connectivity index (χ1) is 21.4. The number of hydrogen-bond donors (Lipinski definition) is 0. The first-order valence-electron chi connectivity index (χ1n) is 15.6. The van der Waals surface area contributed by atoms with Crippen molar-refractivity contribution >= 4 is 50.4 Å². The standard InChI is InChI=1S/C39H39N3S3/c1-37(2)22-43-34(40-37)28-13-7-10-25(16-28)31-19-32(26-11-8-14-29(17-26)35-41-38(3,4)23-44-35)21-33(20-31)27-12-9-15-30(18-27)36-42-39(5,6)24-45-36/h7-21H,22-24H2,1-6H3. The molecule has 0 bridgehead atoms. The van der Waals surface area contributed by atoms with E-state index in [1.165, 1.54) is 50.1 Å². The maximum Gasteiger partial charge on any atom is 0.0984 e. The molecule has 45 heavy (non-hydrogen) atoms. The van der Waals surface area contributed by atoms with Crippen molar-refractivity contribution in [1.82, 2.24) is 0 Å². The fourth-order valence-corrected chi connectivity index (χ4v) is 9.30. The van der Waals surface area contributed by atoms with E-state index >= 15 is 0 Å². The van der Waals surface area contributed by atoms with Gasteiger partial charge in [0.1, 0.15) is 0 Å².